The zero-order valence-corrected chi connectivity index (χ0v) is 16.8. The number of hydrogen-bond acceptors (Lipinski definition) is 5. The number of anilines is 1. The molecular formula is C23H21N5O3. The number of rotatable bonds is 7. The van der Waals surface area contributed by atoms with E-state index in [1.807, 2.05) is 30.3 Å². The van der Waals surface area contributed by atoms with Crippen LogP contribution >= 0.6 is 0 Å². The number of aromatic nitrogens is 3. The first-order valence-corrected chi connectivity index (χ1v) is 9.92. The van der Waals surface area contributed by atoms with Crippen molar-refractivity contribution < 1.29 is 14.4 Å². The van der Waals surface area contributed by atoms with Gasteiger partial charge in [-0.1, -0.05) is 47.7 Å². The molecule has 0 radical (unpaired) electrons. The van der Waals surface area contributed by atoms with E-state index in [2.05, 4.69) is 15.6 Å². The number of benzene rings is 2. The maximum atomic E-state index is 12.2. The predicted octanol–water partition coefficient (Wildman–Crippen LogP) is 2.63. The van der Waals surface area contributed by atoms with Crippen LogP contribution in [0.15, 0.2) is 66.9 Å². The number of carbonyl (C=O) groups excluding carboxylic acids is 3. The van der Waals surface area contributed by atoms with Gasteiger partial charge in [0.15, 0.2) is 0 Å². The second-order valence-corrected chi connectivity index (χ2v) is 7.22. The van der Waals surface area contributed by atoms with Gasteiger partial charge in [-0.25, -0.2) is 4.68 Å². The summed E-state index contributed by atoms with van der Waals surface area (Å²) in [5.74, 6) is -0.586. The van der Waals surface area contributed by atoms with Crippen molar-refractivity contribution in [3.05, 3.63) is 83.7 Å². The summed E-state index contributed by atoms with van der Waals surface area (Å²) >= 11 is 0. The molecular weight excluding hydrogens is 394 g/mol. The van der Waals surface area contributed by atoms with Gasteiger partial charge < -0.3 is 5.32 Å². The van der Waals surface area contributed by atoms with E-state index in [0.717, 1.165) is 11.1 Å². The molecule has 1 aromatic heterocycles. The van der Waals surface area contributed by atoms with Crippen LogP contribution in [-0.4, -0.2) is 37.6 Å². The zero-order valence-electron chi connectivity index (χ0n) is 16.8. The Balaban J connectivity index is 1.30. The summed E-state index contributed by atoms with van der Waals surface area (Å²) in [6.45, 7) is 0.860. The zero-order chi connectivity index (χ0) is 21.6. The first-order chi connectivity index (χ1) is 15.1. The largest absolute Gasteiger partial charge is 0.323 e. The molecule has 0 unspecified atom stereocenters. The van der Waals surface area contributed by atoms with Gasteiger partial charge in [-0.05, 0) is 29.3 Å². The minimum absolute atomic E-state index is 0.145. The van der Waals surface area contributed by atoms with Crippen molar-refractivity contribution in [2.75, 3.05) is 5.32 Å². The maximum Gasteiger partial charge on any atom is 0.248 e. The highest BCUT2D eigenvalue weighted by atomic mass is 16.2. The second-order valence-electron chi connectivity index (χ2n) is 7.22. The molecule has 8 heteroatoms. The maximum absolute atomic E-state index is 12.2. The van der Waals surface area contributed by atoms with Gasteiger partial charge in [-0.15, -0.1) is 5.10 Å². The minimum atomic E-state index is -0.296. The van der Waals surface area contributed by atoms with Crippen molar-refractivity contribution in [1.82, 2.24) is 19.9 Å². The van der Waals surface area contributed by atoms with E-state index in [-0.39, 0.29) is 37.1 Å². The number of nitrogens with zero attached hydrogens (tertiary/aromatic N) is 4. The Kier molecular flexibility index (Phi) is 5.98. The van der Waals surface area contributed by atoms with Crippen LogP contribution in [0.1, 0.15) is 29.7 Å². The second kappa shape index (κ2) is 9.17. The molecule has 0 atom stereocenters. The van der Waals surface area contributed by atoms with E-state index in [0.29, 0.717) is 17.9 Å². The normalized spacial score (nSPS) is 13.9. The molecule has 0 bridgehead atoms. The van der Waals surface area contributed by atoms with Gasteiger partial charge in [0.25, 0.3) is 0 Å². The SMILES string of the molecule is O=C(/C=C/c1cn(Cc2ccccc2)nn1)Nc1ccc(CN2C(=O)CCC2=O)cc1. The van der Waals surface area contributed by atoms with Gasteiger partial charge in [-0.2, -0.15) is 0 Å². The van der Waals surface area contributed by atoms with E-state index in [1.54, 1.807) is 41.2 Å². The minimum Gasteiger partial charge on any atom is -0.323 e. The fourth-order valence-corrected chi connectivity index (χ4v) is 3.26. The highest BCUT2D eigenvalue weighted by Gasteiger charge is 2.28. The van der Waals surface area contributed by atoms with E-state index < -0.39 is 0 Å². The fraction of sp³-hybridized carbons (Fsp3) is 0.174. The number of amides is 3. The Labute approximate surface area is 179 Å². The lowest BCUT2D eigenvalue weighted by Gasteiger charge is -2.14. The average molecular weight is 415 g/mol. The monoisotopic (exact) mass is 415 g/mol. The molecule has 1 aliphatic rings. The number of hydrogen-bond donors (Lipinski definition) is 1. The van der Waals surface area contributed by atoms with Crippen LogP contribution in [0.25, 0.3) is 6.08 Å². The van der Waals surface area contributed by atoms with Gasteiger partial charge in [0.1, 0.15) is 5.69 Å². The van der Waals surface area contributed by atoms with Crippen LogP contribution < -0.4 is 5.32 Å². The lowest BCUT2D eigenvalue weighted by molar-refractivity contribution is -0.139. The molecule has 156 valence electrons. The summed E-state index contributed by atoms with van der Waals surface area (Å²) < 4.78 is 1.71. The third-order valence-corrected chi connectivity index (χ3v) is 4.87. The van der Waals surface area contributed by atoms with Crippen LogP contribution in [-0.2, 0) is 27.5 Å². The van der Waals surface area contributed by atoms with Crippen LogP contribution in [0.2, 0.25) is 0 Å². The predicted molar refractivity (Wildman–Crippen MR) is 114 cm³/mol. The van der Waals surface area contributed by atoms with Crippen molar-refractivity contribution in [3.63, 3.8) is 0 Å². The molecule has 8 nitrogen and oxygen atoms in total. The smallest absolute Gasteiger partial charge is 0.248 e. The summed E-state index contributed by atoms with van der Waals surface area (Å²) in [7, 11) is 0. The molecule has 1 fully saturated rings. The van der Waals surface area contributed by atoms with Crippen LogP contribution in [0, 0.1) is 0 Å². The first kappa shape index (κ1) is 20.2. The van der Waals surface area contributed by atoms with Crippen molar-refractivity contribution in [3.8, 4) is 0 Å². The highest BCUT2D eigenvalue weighted by Crippen LogP contribution is 2.17. The fourth-order valence-electron chi connectivity index (χ4n) is 3.26. The average Bonchev–Trinajstić information content (AvgIpc) is 3.35. The van der Waals surface area contributed by atoms with Crippen LogP contribution in [0.4, 0.5) is 5.69 Å². The molecule has 2 aromatic carbocycles. The molecule has 0 aliphatic carbocycles. The topological polar surface area (TPSA) is 97.2 Å². The van der Waals surface area contributed by atoms with Gasteiger partial charge in [0.2, 0.25) is 17.7 Å². The van der Waals surface area contributed by atoms with Crippen molar-refractivity contribution in [1.29, 1.82) is 0 Å². The Morgan fingerprint density at radius 1 is 0.935 bits per heavy atom. The lowest BCUT2D eigenvalue weighted by atomic mass is 10.2. The number of nitrogens with one attached hydrogen (secondary N) is 1. The van der Waals surface area contributed by atoms with Crippen LogP contribution in [0.5, 0.6) is 0 Å². The highest BCUT2D eigenvalue weighted by molar-refractivity contribution is 6.02. The molecule has 1 saturated heterocycles. The summed E-state index contributed by atoms with van der Waals surface area (Å²) in [4.78, 5) is 36.9. The number of carbonyl (C=O) groups is 3. The third kappa shape index (κ3) is 5.30. The van der Waals surface area contributed by atoms with Gasteiger partial charge >= 0.3 is 0 Å². The summed E-state index contributed by atoms with van der Waals surface area (Å²) in [5, 5.41) is 10.9. The molecule has 2 heterocycles. The Morgan fingerprint density at radius 3 is 2.32 bits per heavy atom. The van der Waals surface area contributed by atoms with Crippen LogP contribution in [0.3, 0.4) is 0 Å². The summed E-state index contributed by atoms with van der Waals surface area (Å²) in [6, 6.07) is 17.0. The quantitative estimate of drug-likeness (QED) is 0.473. The standard InChI is InChI=1S/C23H21N5O3/c29-21(11-10-20-16-27(26-25-20)14-17-4-2-1-3-5-17)24-19-8-6-18(7-9-19)15-28-22(30)12-13-23(28)31/h1-11,16H,12-15H2,(H,24,29)/b11-10+. The van der Waals surface area contributed by atoms with Crippen molar-refractivity contribution in [2.24, 2.45) is 0 Å². The van der Waals surface area contributed by atoms with E-state index >= 15 is 0 Å². The van der Waals surface area contributed by atoms with E-state index in [1.165, 1.54) is 11.0 Å². The number of imide groups is 1. The molecule has 4 rings (SSSR count). The van der Waals surface area contributed by atoms with Gasteiger partial charge in [0.05, 0.1) is 19.3 Å². The lowest BCUT2D eigenvalue weighted by Crippen LogP contribution is -2.28. The molecule has 1 aliphatic heterocycles. The Hall–Kier alpha value is -4.07. The molecule has 0 saturated carbocycles. The van der Waals surface area contributed by atoms with Gasteiger partial charge in [0, 0.05) is 24.6 Å². The summed E-state index contributed by atoms with van der Waals surface area (Å²) in [6.07, 6.45) is 5.32. The van der Waals surface area contributed by atoms with E-state index in [9.17, 15) is 14.4 Å². The Morgan fingerprint density at radius 2 is 1.61 bits per heavy atom. The van der Waals surface area contributed by atoms with Crippen molar-refractivity contribution in [2.45, 2.75) is 25.9 Å². The summed E-state index contributed by atoms with van der Waals surface area (Å²) in [5.41, 5.74) is 3.14. The molecule has 31 heavy (non-hydrogen) atoms. The molecule has 3 amide bonds. The van der Waals surface area contributed by atoms with Gasteiger partial charge in [-0.3, -0.25) is 19.3 Å². The molecule has 1 N–H and O–H groups in total. The molecule has 0 spiro atoms. The number of likely N-dealkylation sites (tertiary alicyclic amines) is 1. The first-order valence-electron chi connectivity index (χ1n) is 9.92. The Bertz CT molecular complexity index is 1100. The van der Waals surface area contributed by atoms with E-state index in [4.69, 9.17) is 0 Å². The van der Waals surface area contributed by atoms with Crippen molar-refractivity contribution >= 4 is 29.5 Å². The third-order valence-electron chi connectivity index (χ3n) is 4.87. The molecule has 3 aromatic rings.